The highest BCUT2D eigenvalue weighted by Crippen LogP contribution is 2.27. The minimum Gasteiger partial charge on any atom is -0.349 e. The number of aromatic nitrogens is 6. The van der Waals surface area contributed by atoms with Gasteiger partial charge in [-0.15, -0.1) is 0 Å². The molecule has 0 spiro atoms. The van der Waals surface area contributed by atoms with Crippen LogP contribution in [-0.4, -0.2) is 41.3 Å². The highest BCUT2D eigenvalue weighted by atomic mass is 16.1. The van der Waals surface area contributed by atoms with Crippen LogP contribution in [0.2, 0.25) is 0 Å². The van der Waals surface area contributed by atoms with Crippen LogP contribution in [0.15, 0.2) is 31.1 Å². The topological polar surface area (TPSA) is 90.0 Å². The monoisotopic (exact) mass is 325 g/mol. The lowest BCUT2D eigenvalue weighted by atomic mass is 9.91. The zero-order valence-corrected chi connectivity index (χ0v) is 13.5. The first kappa shape index (κ1) is 14.8. The summed E-state index contributed by atoms with van der Waals surface area (Å²) in [6, 6.07) is 2.45. The predicted molar refractivity (Wildman–Crippen MR) is 86.5 cm³/mol. The van der Waals surface area contributed by atoms with E-state index in [4.69, 9.17) is 0 Å². The molecule has 1 amide bonds. The van der Waals surface area contributed by atoms with E-state index in [1.165, 1.54) is 0 Å². The Labute approximate surface area is 138 Å². The first-order chi connectivity index (χ1) is 11.7. The van der Waals surface area contributed by atoms with E-state index in [1.54, 1.807) is 29.6 Å². The number of amides is 1. The fourth-order valence-electron chi connectivity index (χ4n) is 3.27. The molecule has 0 radical (unpaired) electrons. The molecule has 3 aromatic heterocycles. The van der Waals surface area contributed by atoms with Gasteiger partial charge >= 0.3 is 0 Å². The molecule has 3 aromatic rings. The van der Waals surface area contributed by atoms with E-state index in [1.807, 2.05) is 17.7 Å². The van der Waals surface area contributed by atoms with Gasteiger partial charge in [-0.1, -0.05) is 0 Å². The molecule has 1 aliphatic carbocycles. The van der Waals surface area contributed by atoms with E-state index in [9.17, 15) is 4.79 Å². The van der Waals surface area contributed by atoms with Crippen LogP contribution in [0.5, 0.6) is 0 Å². The second kappa shape index (κ2) is 6.03. The molecule has 3 heterocycles. The minimum absolute atomic E-state index is 0.0956. The second-order valence-corrected chi connectivity index (χ2v) is 6.29. The lowest BCUT2D eigenvalue weighted by molar-refractivity contribution is 0.0920. The molecule has 0 aliphatic heterocycles. The smallest absolute Gasteiger partial charge is 0.254 e. The molecule has 24 heavy (non-hydrogen) atoms. The van der Waals surface area contributed by atoms with Gasteiger partial charge in [0.25, 0.3) is 5.91 Å². The third-order valence-corrected chi connectivity index (χ3v) is 4.54. The fraction of sp³-hybridized carbons (Fsp3) is 0.438. The lowest BCUT2D eigenvalue weighted by Crippen LogP contribution is -2.38. The van der Waals surface area contributed by atoms with Gasteiger partial charge in [0, 0.05) is 24.5 Å². The summed E-state index contributed by atoms with van der Waals surface area (Å²) in [5.41, 5.74) is 2.16. The number of fused-ring (bicyclic) bond motifs is 1. The summed E-state index contributed by atoms with van der Waals surface area (Å²) in [6.07, 6.45) is 10.5. The molecule has 0 atom stereocenters. The number of hydrogen-bond donors (Lipinski definition) is 1. The summed E-state index contributed by atoms with van der Waals surface area (Å²) in [4.78, 5) is 20.7. The maximum absolute atomic E-state index is 12.5. The zero-order valence-electron chi connectivity index (χ0n) is 13.5. The van der Waals surface area contributed by atoms with E-state index < -0.39 is 0 Å². The van der Waals surface area contributed by atoms with Crippen molar-refractivity contribution >= 4 is 11.6 Å². The van der Waals surface area contributed by atoms with Crippen molar-refractivity contribution in [2.75, 3.05) is 0 Å². The summed E-state index contributed by atoms with van der Waals surface area (Å²) in [5.74, 6) is -0.0956. The Morgan fingerprint density at radius 1 is 1.29 bits per heavy atom. The quantitative estimate of drug-likeness (QED) is 0.789. The molecule has 8 heteroatoms. The molecule has 0 unspecified atom stereocenters. The van der Waals surface area contributed by atoms with Crippen LogP contribution in [0.3, 0.4) is 0 Å². The second-order valence-electron chi connectivity index (χ2n) is 6.29. The molecule has 1 N–H and O–H groups in total. The molecular formula is C16H19N7O. The average Bonchev–Trinajstić information content (AvgIpc) is 3.23. The number of nitrogens with one attached hydrogen (secondary N) is 1. The van der Waals surface area contributed by atoms with Crippen LogP contribution < -0.4 is 5.32 Å². The van der Waals surface area contributed by atoms with Gasteiger partial charge in [0.1, 0.15) is 12.7 Å². The first-order valence-corrected chi connectivity index (χ1v) is 8.16. The Morgan fingerprint density at radius 3 is 2.88 bits per heavy atom. The Bertz CT molecular complexity index is 847. The van der Waals surface area contributed by atoms with Crippen molar-refractivity contribution in [3.8, 4) is 0 Å². The van der Waals surface area contributed by atoms with Crippen LogP contribution in [0.1, 0.15) is 47.8 Å². The number of hydrogen-bond acceptors (Lipinski definition) is 5. The van der Waals surface area contributed by atoms with Gasteiger partial charge in [-0.3, -0.25) is 4.79 Å². The highest BCUT2D eigenvalue weighted by molar-refractivity contribution is 5.94. The van der Waals surface area contributed by atoms with E-state index in [2.05, 4.69) is 25.5 Å². The number of carbonyl (C=O) groups is 1. The van der Waals surface area contributed by atoms with Crippen molar-refractivity contribution < 1.29 is 4.79 Å². The summed E-state index contributed by atoms with van der Waals surface area (Å²) in [6.45, 7) is 1.90. The number of carbonyl (C=O) groups excluding carboxylic acids is 1. The Hall–Kier alpha value is -2.77. The first-order valence-electron chi connectivity index (χ1n) is 8.16. The van der Waals surface area contributed by atoms with Crippen molar-refractivity contribution in [3.05, 3.63) is 42.4 Å². The van der Waals surface area contributed by atoms with Crippen LogP contribution >= 0.6 is 0 Å². The maximum Gasteiger partial charge on any atom is 0.254 e. The van der Waals surface area contributed by atoms with Gasteiger partial charge in [0.2, 0.25) is 0 Å². The molecule has 0 aromatic carbocycles. The summed E-state index contributed by atoms with van der Waals surface area (Å²) < 4.78 is 3.56. The van der Waals surface area contributed by atoms with E-state index >= 15 is 0 Å². The Morgan fingerprint density at radius 2 is 2.12 bits per heavy atom. The molecule has 8 nitrogen and oxygen atoms in total. The van der Waals surface area contributed by atoms with Crippen LogP contribution in [-0.2, 0) is 0 Å². The fourth-order valence-corrected chi connectivity index (χ4v) is 3.27. The van der Waals surface area contributed by atoms with E-state index in [0.29, 0.717) is 11.6 Å². The predicted octanol–water partition coefficient (Wildman–Crippen LogP) is 1.54. The van der Waals surface area contributed by atoms with Crippen LogP contribution in [0.25, 0.3) is 5.65 Å². The average molecular weight is 325 g/mol. The van der Waals surface area contributed by atoms with Crippen LogP contribution in [0, 0.1) is 6.92 Å². The third-order valence-electron chi connectivity index (χ3n) is 4.54. The van der Waals surface area contributed by atoms with Crippen molar-refractivity contribution in [3.63, 3.8) is 0 Å². The Kier molecular flexibility index (Phi) is 3.72. The van der Waals surface area contributed by atoms with Crippen molar-refractivity contribution in [2.24, 2.45) is 0 Å². The van der Waals surface area contributed by atoms with Crippen molar-refractivity contribution in [1.82, 2.24) is 34.7 Å². The molecule has 1 fully saturated rings. The van der Waals surface area contributed by atoms with Gasteiger partial charge in [-0.05, 0) is 32.6 Å². The SMILES string of the molecule is Cc1cc2ncc(C(=O)NC3CCC(n4cncn4)CC3)cn2n1. The zero-order chi connectivity index (χ0) is 16.5. The van der Waals surface area contributed by atoms with Gasteiger partial charge < -0.3 is 5.32 Å². The molecular weight excluding hydrogens is 306 g/mol. The van der Waals surface area contributed by atoms with Crippen molar-refractivity contribution in [1.29, 1.82) is 0 Å². The van der Waals surface area contributed by atoms with E-state index in [-0.39, 0.29) is 11.9 Å². The largest absolute Gasteiger partial charge is 0.349 e. The number of nitrogens with zero attached hydrogens (tertiary/aromatic N) is 6. The summed E-state index contributed by atoms with van der Waals surface area (Å²) in [5, 5.41) is 11.6. The molecule has 4 rings (SSSR count). The summed E-state index contributed by atoms with van der Waals surface area (Å²) in [7, 11) is 0. The molecule has 0 bridgehead atoms. The van der Waals surface area contributed by atoms with Gasteiger partial charge in [-0.25, -0.2) is 19.2 Å². The van der Waals surface area contributed by atoms with Gasteiger partial charge in [0.05, 0.1) is 17.3 Å². The van der Waals surface area contributed by atoms with Gasteiger partial charge in [-0.2, -0.15) is 10.2 Å². The summed E-state index contributed by atoms with van der Waals surface area (Å²) >= 11 is 0. The lowest BCUT2D eigenvalue weighted by Gasteiger charge is -2.28. The standard InChI is InChI=1S/C16H19N7O/c1-11-6-15-18-7-12(8-22(15)21-11)16(24)20-13-2-4-14(5-3-13)23-10-17-9-19-23/h6-10,13-14H,2-5H2,1H3,(H,20,24). The molecule has 1 saturated carbocycles. The number of rotatable bonds is 3. The highest BCUT2D eigenvalue weighted by Gasteiger charge is 2.24. The minimum atomic E-state index is -0.0956. The van der Waals surface area contributed by atoms with E-state index in [0.717, 1.165) is 37.0 Å². The van der Waals surface area contributed by atoms with Crippen molar-refractivity contribution in [2.45, 2.75) is 44.7 Å². The third kappa shape index (κ3) is 2.86. The van der Waals surface area contributed by atoms with Gasteiger partial charge in [0.15, 0.2) is 5.65 Å². The molecule has 124 valence electrons. The maximum atomic E-state index is 12.5. The molecule has 1 aliphatic rings. The van der Waals surface area contributed by atoms with Crippen LogP contribution in [0.4, 0.5) is 0 Å². The number of aryl methyl sites for hydroxylation is 1. The Balaban J connectivity index is 1.39. The molecule has 0 saturated heterocycles. The normalized spacial score (nSPS) is 21.0.